The highest BCUT2D eigenvalue weighted by molar-refractivity contribution is 6.01. The molecule has 3 heteroatoms. The van der Waals surface area contributed by atoms with Crippen molar-refractivity contribution in [2.75, 3.05) is 6.54 Å². The molecule has 1 aliphatic heterocycles. The van der Waals surface area contributed by atoms with Gasteiger partial charge in [0, 0.05) is 0 Å². The molecule has 0 N–H and O–H groups in total. The highest BCUT2D eigenvalue weighted by Crippen LogP contribution is 2.23. The Hall–Kier alpha value is -1.12. The Kier molecular flexibility index (Phi) is 2.43. The summed E-state index contributed by atoms with van der Waals surface area (Å²) in [7, 11) is 0. The van der Waals surface area contributed by atoms with E-state index in [9.17, 15) is 4.79 Å². The van der Waals surface area contributed by atoms with Crippen molar-refractivity contribution in [3.63, 3.8) is 0 Å². The first kappa shape index (κ1) is 8.48. The van der Waals surface area contributed by atoms with Gasteiger partial charge in [0.25, 0.3) is 0 Å². The Morgan fingerprint density at radius 1 is 1.23 bits per heavy atom. The predicted molar refractivity (Wildman–Crippen MR) is 49.6 cm³/mol. The molecule has 2 rings (SSSR count). The number of hydrogen-bond donors (Lipinski definition) is 0. The van der Waals surface area contributed by atoms with E-state index >= 15 is 0 Å². The molecule has 0 spiro atoms. The van der Waals surface area contributed by atoms with E-state index in [2.05, 4.69) is 4.99 Å². The van der Waals surface area contributed by atoms with Crippen LogP contribution >= 0.6 is 0 Å². The van der Waals surface area contributed by atoms with Crippen molar-refractivity contribution in [1.29, 1.82) is 0 Å². The maximum Gasteiger partial charge on any atom is 0.334 e. The van der Waals surface area contributed by atoms with E-state index in [4.69, 9.17) is 4.74 Å². The van der Waals surface area contributed by atoms with Gasteiger partial charge in [-0.2, -0.15) is 0 Å². The van der Waals surface area contributed by atoms with Gasteiger partial charge in [0.05, 0.1) is 0 Å². The number of aliphatic imine (C=N–C) groups is 1. The second kappa shape index (κ2) is 3.73. The summed E-state index contributed by atoms with van der Waals surface area (Å²) in [5.41, 5.74) is 1.37. The maximum atomic E-state index is 10.7. The van der Waals surface area contributed by atoms with Gasteiger partial charge in [0.2, 0.25) is 5.90 Å². The number of esters is 1. The third-order valence-electron chi connectivity index (χ3n) is 2.41. The van der Waals surface area contributed by atoms with E-state index in [1.54, 1.807) is 0 Å². The second-order valence-corrected chi connectivity index (χ2v) is 3.49. The Morgan fingerprint density at radius 2 is 2.00 bits per heavy atom. The van der Waals surface area contributed by atoms with E-state index in [-0.39, 0.29) is 12.5 Å². The van der Waals surface area contributed by atoms with Gasteiger partial charge in [-0.3, -0.25) is 0 Å². The summed E-state index contributed by atoms with van der Waals surface area (Å²) in [6.45, 7) is 0.194. The van der Waals surface area contributed by atoms with E-state index in [0.717, 1.165) is 12.8 Å². The van der Waals surface area contributed by atoms with Gasteiger partial charge in [0.1, 0.15) is 6.54 Å². The van der Waals surface area contributed by atoms with Gasteiger partial charge in [-0.15, -0.1) is 0 Å². The largest absolute Gasteiger partial charge is 0.406 e. The van der Waals surface area contributed by atoms with Crippen molar-refractivity contribution in [1.82, 2.24) is 0 Å². The molecule has 70 valence electrons. The van der Waals surface area contributed by atoms with Crippen LogP contribution in [0.5, 0.6) is 0 Å². The van der Waals surface area contributed by atoms with E-state index in [0.29, 0.717) is 5.90 Å². The number of cyclic esters (lactones) is 1. The lowest BCUT2D eigenvalue weighted by Crippen LogP contribution is -2.04. The fraction of sp³-hybridized carbons (Fsp3) is 0.600. The van der Waals surface area contributed by atoms with Gasteiger partial charge < -0.3 is 4.74 Å². The maximum absolute atomic E-state index is 10.7. The number of allylic oxidation sites excluding steroid dienone is 1. The molecule has 1 heterocycles. The summed E-state index contributed by atoms with van der Waals surface area (Å²) in [5, 5.41) is 0. The monoisotopic (exact) mass is 179 g/mol. The Labute approximate surface area is 77.5 Å². The van der Waals surface area contributed by atoms with Gasteiger partial charge >= 0.3 is 5.97 Å². The van der Waals surface area contributed by atoms with Gasteiger partial charge in [-0.25, -0.2) is 9.79 Å². The average molecular weight is 179 g/mol. The molecule has 0 amide bonds. The molecule has 0 saturated heterocycles. The number of nitrogens with zero attached hydrogens (tertiary/aromatic N) is 1. The quantitative estimate of drug-likeness (QED) is 0.576. The van der Waals surface area contributed by atoms with E-state index < -0.39 is 0 Å². The molecule has 3 nitrogen and oxygen atoms in total. The molecule has 1 saturated carbocycles. The first-order chi connectivity index (χ1) is 6.34. The van der Waals surface area contributed by atoms with Crippen LogP contribution in [0.15, 0.2) is 16.6 Å². The van der Waals surface area contributed by atoms with Crippen LogP contribution in [0.1, 0.15) is 32.1 Å². The molecular formula is C10H13NO2. The first-order valence-electron chi connectivity index (χ1n) is 4.79. The molecule has 0 radical (unpaired) electrons. The lowest BCUT2D eigenvalue weighted by atomic mass is 9.95. The van der Waals surface area contributed by atoms with Crippen LogP contribution in [0, 0.1) is 0 Å². The molecule has 0 aromatic heterocycles. The van der Waals surface area contributed by atoms with Crippen molar-refractivity contribution in [3.05, 3.63) is 11.6 Å². The third-order valence-corrected chi connectivity index (χ3v) is 2.41. The van der Waals surface area contributed by atoms with Crippen molar-refractivity contribution in [2.24, 2.45) is 4.99 Å². The van der Waals surface area contributed by atoms with E-state index in [1.165, 1.54) is 24.8 Å². The third kappa shape index (κ3) is 2.17. The smallest absolute Gasteiger partial charge is 0.334 e. The zero-order valence-corrected chi connectivity index (χ0v) is 7.58. The highest BCUT2D eigenvalue weighted by Gasteiger charge is 2.15. The molecule has 0 unspecified atom stereocenters. The standard InChI is InChI=1S/C10H13NO2/c12-10-7-11-9(13-10)6-8-4-2-1-3-5-8/h6H,1-5,7H2. The average Bonchev–Trinajstić information content (AvgIpc) is 2.53. The van der Waals surface area contributed by atoms with Crippen molar-refractivity contribution < 1.29 is 9.53 Å². The van der Waals surface area contributed by atoms with E-state index in [1.807, 2.05) is 6.08 Å². The normalized spacial score (nSPS) is 22.6. The van der Waals surface area contributed by atoms with Crippen LogP contribution in [-0.4, -0.2) is 18.4 Å². The zero-order valence-electron chi connectivity index (χ0n) is 7.58. The Morgan fingerprint density at radius 3 is 2.62 bits per heavy atom. The van der Waals surface area contributed by atoms with Gasteiger partial charge in [0.15, 0.2) is 0 Å². The number of carbonyl (C=O) groups excluding carboxylic acids is 1. The number of ether oxygens (including phenoxy) is 1. The van der Waals surface area contributed by atoms with Crippen LogP contribution in [0.25, 0.3) is 0 Å². The molecule has 0 atom stereocenters. The van der Waals surface area contributed by atoms with Gasteiger partial charge in [-0.1, -0.05) is 12.0 Å². The van der Waals surface area contributed by atoms with Crippen molar-refractivity contribution in [2.45, 2.75) is 32.1 Å². The Balaban J connectivity index is 1.98. The molecule has 0 bridgehead atoms. The molecule has 13 heavy (non-hydrogen) atoms. The lowest BCUT2D eigenvalue weighted by molar-refractivity contribution is -0.132. The SMILES string of the molecule is O=C1CN=C(C=C2CCCCC2)O1. The lowest BCUT2D eigenvalue weighted by Gasteiger charge is -2.12. The summed E-state index contributed by atoms with van der Waals surface area (Å²) in [6.07, 6.45) is 8.04. The summed E-state index contributed by atoms with van der Waals surface area (Å²) in [5.74, 6) is 0.282. The van der Waals surface area contributed by atoms with Crippen molar-refractivity contribution >= 4 is 11.9 Å². The molecule has 0 aromatic rings. The number of hydrogen-bond acceptors (Lipinski definition) is 3. The fourth-order valence-corrected chi connectivity index (χ4v) is 1.72. The minimum atomic E-state index is -0.234. The molecule has 1 aliphatic carbocycles. The molecule has 2 aliphatic rings. The summed E-state index contributed by atoms with van der Waals surface area (Å²) in [6, 6.07) is 0. The molecular weight excluding hydrogens is 166 g/mol. The number of carbonyl (C=O) groups is 1. The summed E-state index contributed by atoms with van der Waals surface area (Å²) >= 11 is 0. The second-order valence-electron chi connectivity index (χ2n) is 3.49. The summed E-state index contributed by atoms with van der Waals surface area (Å²) in [4.78, 5) is 14.7. The summed E-state index contributed by atoms with van der Waals surface area (Å²) < 4.78 is 4.90. The van der Waals surface area contributed by atoms with Crippen LogP contribution in [0.4, 0.5) is 0 Å². The fourth-order valence-electron chi connectivity index (χ4n) is 1.72. The van der Waals surface area contributed by atoms with Crippen LogP contribution in [0.2, 0.25) is 0 Å². The predicted octanol–water partition coefficient (Wildman–Crippen LogP) is 1.83. The zero-order chi connectivity index (χ0) is 9.10. The first-order valence-corrected chi connectivity index (χ1v) is 4.79. The van der Waals surface area contributed by atoms with Crippen molar-refractivity contribution in [3.8, 4) is 0 Å². The number of rotatable bonds is 1. The highest BCUT2D eigenvalue weighted by atomic mass is 16.5. The van der Waals surface area contributed by atoms with Crippen LogP contribution < -0.4 is 0 Å². The topological polar surface area (TPSA) is 38.7 Å². The molecule has 0 aromatic carbocycles. The van der Waals surface area contributed by atoms with Crippen LogP contribution in [-0.2, 0) is 9.53 Å². The molecule has 1 fully saturated rings. The van der Waals surface area contributed by atoms with Gasteiger partial charge in [-0.05, 0) is 31.8 Å². The minimum Gasteiger partial charge on any atom is -0.406 e. The van der Waals surface area contributed by atoms with Crippen LogP contribution in [0.3, 0.4) is 0 Å². The Bertz CT molecular complexity index is 271. The minimum absolute atomic E-state index is 0.194.